The van der Waals surface area contributed by atoms with Crippen molar-refractivity contribution in [2.75, 3.05) is 104 Å². The second-order valence-electron chi connectivity index (χ2n) is 8.97. The van der Waals surface area contributed by atoms with Crippen LogP contribution in [-0.4, -0.2) is 117 Å². The zero-order valence-electron chi connectivity index (χ0n) is 24.4. The van der Waals surface area contributed by atoms with Crippen molar-refractivity contribution in [3.05, 3.63) is 35.4 Å². The van der Waals surface area contributed by atoms with E-state index in [1.54, 1.807) is 38.1 Å². The molecular formula is C29H43NO11. The predicted octanol–water partition coefficient (Wildman–Crippen LogP) is 1.98. The molecule has 0 bridgehead atoms. The summed E-state index contributed by atoms with van der Waals surface area (Å²) in [6, 6.07) is 6.81. The molecule has 0 aliphatic carbocycles. The lowest BCUT2D eigenvalue weighted by atomic mass is 10.2. The minimum atomic E-state index is -0.291. The molecule has 0 saturated carbocycles. The lowest BCUT2D eigenvalue weighted by Crippen LogP contribution is -2.31. The highest BCUT2D eigenvalue weighted by atomic mass is 16.6. The summed E-state index contributed by atoms with van der Waals surface area (Å²) in [5.74, 6) is 0.0376. The third kappa shape index (κ3) is 14.1. The lowest BCUT2D eigenvalue weighted by molar-refractivity contribution is -0.122. The first-order chi connectivity index (χ1) is 19.9. The maximum Gasteiger partial charge on any atom is 0.261 e. The van der Waals surface area contributed by atoms with Gasteiger partial charge in [0, 0.05) is 11.1 Å². The molecule has 1 aromatic carbocycles. The molecule has 12 heteroatoms. The van der Waals surface area contributed by atoms with Gasteiger partial charge in [0.2, 0.25) is 0 Å². The number of ketones is 1. The van der Waals surface area contributed by atoms with Crippen molar-refractivity contribution in [2.24, 2.45) is 0 Å². The van der Waals surface area contributed by atoms with E-state index in [1.807, 2.05) is 0 Å². The van der Waals surface area contributed by atoms with Crippen molar-refractivity contribution in [3.8, 4) is 5.75 Å². The van der Waals surface area contributed by atoms with Crippen LogP contribution in [0.25, 0.3) is 0 Å². The summed E-state index contributed by atoms with van der Waals surface area (Å²) in [5, 5.41) is 0. The minimum Gasteiger partial charge on any atom is -0.491 e. The fourth-order valence-electron chi connectivity index (χ4n) is 3.43. The number of amides is 2. The average Bonchev–Trinajstić information content (AvgIpc) is 3.15. The van der Waals surface area contributed by atoms with Crippen molar-refractivity contribution in [3.63, 3.8) is 0 Å². The van der Waals surface area contributed by atoms with Crippen LogP contribution in [0.5, 0.6) is 5.75 Å². The fourth-order valence-corrected chi connectivity index (χ4v) is 3.43. The van der Waals surface area contributed by atoms with Crippen LogP contribution in [0.1, 0.15) is 20.8 Å². The molecule has 1 aromatic rings. The highest BCUT2D eigenvalue weighted by Gasteiger charge is 2.34. The van der Waals surface area contributed by atoms with Crippen LogP contribution in [-0.2, 0) is 47.5 Å². The number of ether oxygens (including phenoxy) is 8. The van der Waals surface area contributed by atoms with Gasteiger partial charge in [-0.05, 0) is 45.0 Å². The van der Waals surface area contributed by atoms with Gasteiger partial charge in [0.25, 0.3) is 11.8 Å². The van der Waals surface area contributed by atoms with Crippen molar-refractivity contribution in [1.29, 1.82) is 0 Å². The molecule has 0 atom stereocenters. The number of rotatable bonds is 25. The topological polar surface area (TPSA) is 128 Å². The van der Waals surface area contributed by atoms with Crippen molar-refractivity contribution in [1.82, 2.24) is 0 Å². The van der Waals surface area contributed by atoms with Crippen molar-refractivity contribution >= 4 is 23.3 Å². The Labute approximate surface area is 241 Å². The normalized spacial score (nSPS) is 13.5. The number of Topliss-reactive ketones (excluding diaryl/α,β-unsaturated/α-hetero) is 1. The SMILES string of the molecule is CC(=O)COCCOCCOCCOCCOCCOCCOCCOc1ccc(N2C(=O)C(C)=C(C)C2=O)cc1. The molecule has 230 valence electrons. The van der Waals surface area contributed by atoms with Gasteiger partial charge in [0.15, 0.2) is 5.78 Å². The second-order valence-corrected chi connectivity index (χ2v) is 8.97. The van der Waals surface area contributed by atoms with Gasteiger partial charge < -0.3 is 37.9 Å². The summed E-state index contributed by atoms with van der Waals surface area (Å²) < 4.78 is 43.3. The predicted molar refractivity (Wildman–Crippen MR) is 149 cm³/mol. The van der Waals surface area contributed by atoms with E-state index < -0.39 is 0 Å². The molecule has 0 radical (unpaired) electrons. The first-order valence-corrected chi connectivity index (χ1v) is 13.7. The Morgan fingerprint density at radius 1 is 0.561 bits per heavy atom. The molecule has 2 rings (SSSR count). The Bertz CT molecular complexity index is 925. The van der Waals surface area contributed by atoms with E-state index >= 15 is 0 Å². The van der Waals surface area contributed by atoms with Gasteiger partial charge >= 0.3 is 0 Å². The molecule has 0 saturated heterocycles. The Morgan fingerprint density at radius 3 is 1.27 bits per heavy atom. The van der Waals surface area contributed by atoms with E-state index in [0.29, 0.717) is 115 Å². The third-order valence-electron chi connectivity index (χ3n) is 5.74. The molecule has 0 spiro atoms. The van der Waals surface area contributed by atoms with E-state index in [0.717, 1.165) is 0 Å². The molecule has 1 aliphatic heterocycles. The number of hydrogen-bond acceptors (Lipinski definition) is 11. The van der Waals surface area contributed by atoms with E-state index in [-0.39, 0.29) is 24.2 Å². The molecule has 1 aliphatic rings. The van der Waals surface area contributed by atoms with Crippen LogP contribution in [0.3, 0.4) is 0 Å². The molecule has 12 nitrogen and oxygen atoms in total. The third-order valence-corrected chi connectivity index (χ3v) is 5.74. The zero-order chi connectivity index (χ0) is 29.7. The van der Waals surface area contributed by atoms with Crippen LogP contribution in [0.2, 0.25) is 0 Å². The Kier molecular flexibility index (Phi) is 17.7. The Hall–Kier alpha value is -2.71. The van der Waals surface area contributed by atoms with Gasteiger partial charge in [-0.2, -0.15) is 0 Å². The maximum atomic E-state index is 12.3. The second kappa shape index (κ2) is 21.1. The van der Waals surface area contributed by atoms with Crippen LogP contribution in [0.4, 0.5) is 5.69 Å². The van der Waals surface area contributed by atoms with Gasteiger partial charge in [-0.1, -0.05) is 0 Å². The first kappa shape index (κ1) is 34.5. The molecule has 0 aromatic heterocycles. The quantitative estimate of drug-likeness (QED) is 0.124. The van der Waals surface area contributed by atoms with Gasteiger partial charge in [0.05, 0.1) is 91.6 Å². The van der Waals surface area contributed by atoms with Crippen molar-refractivity contribution in [2.45, 2.75) is 20.8 Å². The summed E-state index contributed by atoms with van der Waals surface area (Å²) in [7, 11) is 0. The Balaban J connectivity index is 1.31. The molecule has 0 unspecified atom stereocenters. The molecule has 41 heavy (non-hydrogen) atoms. The number of benzene rings is 1. The Morgan fingerprint density at radius 2 is 0.902 bits per heavy atom. The highest BCUT2D eigenvalue weighted by molar-refractivity contribution is 6.32. The molecule has 0 fully saturated rings. The van der Waals surface area contributed by atoms with Crippen LogP contribution in [0.15, 0.2) is 35.4 Å². The largest absolute Gasteiger partial charge is 0.491 e. The fraction of sp³-hybridized carbons (Fsp3) is 0.621. The van der Waals surface area contributed by atoms with Gasteiger partial charge in [-0.25, -0.2) is 4.90 Å². The lowest BCUT2D eigenvalue weighted by Gasteiger charge is -2.15. The number of carbonyl (C=O) groups is 3. The first-order valence-electron chi connectivity index (χ1n) is 13.7. The minimum absolute atomic E-state index is 0.00279. The maximum absolute atomic E-state index is 12.3. The van der Waals surface area contributed by atoms with E-state index in [1.165, 1.54) is 11.8 Å². The number of anilines is 1. The van der Waals surface area contributed by atoms with E-state index in [9.17, 15) is 14.4 Å². The molecule has 1 heterocycles. The highest BCUT2D eigenvalue weighted by Crippen LogP contribution is 2.28. The summed E-state index contributed by atoms with van der Waals surface area (Å²) in [4.78, 5) is 36.4. The van der Waals surface area contributed by atoms with Gasteiger partial charge in [-0.15, -0.1) is 0 Å². The molecule has 2 amide bonds. The van der Waals surface area contributed by atoms with Crippen LogP contribution >= 0.6 is 0 Å². The zero-order valence-corrected chi connectivity index (χ0v) is 24.4. The number of nitrogens with zero attached hydrogens (tertiary/aromatic N) is 1. The molecule has 0 N–H and O–H groups in total. The number of hydrogen-bond donors (Lipinski definition) is 0. The summed E-state index contributed by atoms with van der Waals surface area (Å²) in [6.45, 7) is 11.2. The standard InChI is InChI=1S/C29H43NO11/c1-23(31)22-40-19-18-38-15-14-36-11-10-34-8-9-35-12-13-37-16-17-39-20-21-41-27-6-4-26(5-7-27)30-28(32)24(2)25(3)29(30)33/h4-7H,8-22H2,1-3H3. The molecular weight excluding hydrogens is 538 g/mol. The van der Waals surface area contributed by atoms with Gasteiger partial charge in [-0.3, -0.25) is 14.4 Å². The average molecular weight is 582 g/mol. The van der Waals surface area contributed by atoms with Crippen molar-refractivity contribution < 1.29 is 52.3 Å². The number of imide groups is 1. The van der Waals surface area contributed by atoms with E-state index in [2.05, 4.69) is 0 Å². The number of carbonyl (C=O) groups excluding carboxylic acids is 3. The summed E-state index contributed by atoms with van der Waals surface area (Å²) in [5.41, 5.74) is 1.46. The van der Waals surface area contributed by atoms with Crippen LogP contribution in [0, 0.1) is 0 Å². The summed E-state index contributed by atoms with van der Waals surface area (Å²) in [6.07, 6.45) is 0. The monoisotopic (exact) mass is 581 g/mol. The van der Waals surface area contributed by atoms with E-state index in [4.69, 9.17) is 37.9 Å². The van der Waals surface area contributed by atoms with Crippen LogP contribution < -0.4 is 9.64 Å². The summed E-state index contributed by atoms with van der Waals surface area (Å²) >= 11 is 0. The van der Waals surface area contributed by atoms with Gasteiger partial charge in [0.1, 0.15) is 19.0 Å². The smallest absolute Gasteiger partial charge is 0.261 e.